The summed E-state index contributed by atoms with van der Waals surface area (Å²) in [5.41, 5.74) is 3.45. The number of ether oxygens (including phenoxy) is 1. The molecule has 1 unspecified atom stereocenters. The van der Waals surface area contributed by atoms with Gasteiger partial charge in [0.25, 0.3) is 5.91 Å². The first kappa shape index (κ1) is 17.4. The maximum atomic E-state index is 12.5. The number of amides is 1. The van der Waals surface area contributed by atoms with Crippen LogP contribution in [0.3, 0.4) is 0 Å². The van der Waals surface area contributed by atoms with Gasteiger partial charge in [-0.2, -0.15) is 0 Å². The van der Waals surface area contributed by atoms with Gasteiger partial charge in [0.2, 0.25) is 0 Å². The Bertz CT molecular complexity index is 1010. The van der Waals surface area contributed by atoms with Crippen molar-refractivity contribution < 1.29 is 9.53 Å². The summed E-state index contributed by atoms with van der Waals surface area (Å²) in [4.78, 5) is 24.5. The summed E-state index contributed by atoms with van der Waals surface area (Å²) in [6.45, 7) is 8.02. The molecular formula is C21H19N3O2S. The molecule has 0 bridgehead atoms. The zero-order valence-electron chi connectivity index (χ0n) is 15.2. The van der Waals surface area contributed by atoms with Crippen LogP contribution in [-0.4, -0.2) is 28.5 Å². The maximum absolute atomic E-state index is 12.5. The molecule has 0 saturated heterocycles. The highest BCUT2D eigenvalue weighted by atomic mass is 32.1. The normalized spacial score (nSPS) is 16.0. The molecule has 1 aliphatic rings. The lowest BCUT2D eigenvalue weighted by atomic mass is 10.1. The number of nitrogens with zero attached hydrogens (tertiary/aromatic N) is 3. The molecule has 0 spiro atoms. The summed E-state index contributed by atoms with van der Waals surface area (Å²) in [6, 6.07) is 11.7. The molecule has 1 atom stereocenters. The molecule has 1 aromatic carbocycles. The van der Waals surface area contributed by atoms with E-state index >= 15 is 0 Å². The summed E-state index contributed by atoms with van der Waals surface area (Å²) in [7, 11) is 0. The van der Waals surface area contributed by atoms with Crippen molar-refractivity contribution >= 4 is 22.9 Å². The Morgan fingerprint density at radius 2 is 2.19 bits per heavy atom. The van der Waals surface area contributed by atoms with Crippen molar-refractivity contribution in [3.8, 4) is 27.7 Å². The van der Waals surface area contributed by atoms with Gasteiger partial charge in [0.05, 0.1) is 17.1 Å². The SMILES string of the molecule is C=CCN1C(=O)C(C)Oc2ccc(-c3nc(-c4ccccn4)sc3C)cc21. The first-order valence-corrected chi connectivity index (χ1v) is 9.52. The minimum Gasteiger partial charge on any atom is -0.479 e. The topological polar surface area (TPSA) is 55.3 Å². The predicted molar refractivity (Wildman–Crippen MR) is 108 cm³/mol. The number of pyridine rings is 1. The van der Waals surface area contributed by atoms with Crippen LogP contribution in [-0.2, 0) is 4.79 Å². The predicted octanol–water partition coefficient (Wildman–Crippen LogP) is 4.48. The Kier molecular flexibility index (Phi) is 4.49. The number of rotatable bonds is 4. The lowest BCUT2D eigenvalue weighted by Gasteiger charge is -2.32. The lowest BCUT2D eigenvalue weighted by Crippen LogP contribution is -2.44. The summed E-state index contributed by atoms with van der Waals surface area (Å²) < 4.78 is 5.76. The summed E-state index contributed by atoms with van der Waals surface area (Å²) in [6.07, 6.45) is 2.99. The highest BCUT2D eigenvalue weighted by Crippen LogP contribution is 2.39. The highest BCUT2D eigenvalue weighted by molar-refractivity contribution is 7.15. The molecule has 3 aromatic rings. The molecule has 136 valence electrons. The Labute approximate surface area is 162 Å². The van der Waals surface area contributed by atoms with Crippen LogP contribution in [0.15, 0.2) is 55.3 Å². The highest BCUT2D eigenvalue weighted by Gasteiger charge is 2.31. The van der Waals surface area contributed by atoms with Gasteiger partial charge in [-0.15, -0.1) is 17.9 Å². The minimum absolute atomic E-state index is 0.0660. The second-order valence-corrected chi connectivity index (χ2v) is 7.52. The average molecular weight is 377 g/mol. The molecule has 1 amide bonds. The molecule has 3 heterocycles. The molecule has 6 heteroatoms. The van der Waals surface area contributed by atoms with Crippen LogP contribution in [0.1, 0.15) is 11.8 Å². The smallest absolute Gasteiger partial charge is 0.268 e. The van der Waals surface area contributed by atoms with Gasteiger partial charge in [0.1, 0.15) is 10.8 Å². The van der Waals surface area contributed by atoms with Gasteiger partial charge in [0, 0.05) is 23.2 Å². The van der Waals surface area contributed by atoms with E-state index in [0.717, 1.165) is 32.5 Å². The van der Waals surface area contributed by atoms with E-state index in [0.29, 0.717) is 12.3 Å². The van der Waals surface area contributed by atoms with Gasteiger partial charge < -0.3 is 9.64 Å². The quantitative estimate of drug-likeness (QED) is 0.629. The third kappa shape index (κ3) is 3.13. The van der Waals surface area contributed by atoms with Crippen LogP contribution >= 0.6 is 11.3 Å². The molecule has 0 fully saturated rings. The third-order valence-electron chi connectivity index (χ3n) is 4.43. The second kappa shape index (κ2) is 6.96. The average Bonchev–Trinajstić information content (AvgIpc) is 3.08. The number of thiazole rings is 1. The van der Waals surface area contributed by atoms with Crippen molar-refractivity contribution in [2.75, 3.05) is 11.4 Å². The second-order valence-electron chi connectivity index (χ2n) is 6.32. The van der Waals surface area contributed by atoms with Crippen molar-refractivity contribution in [1.82, 2.24) is 9.97 Å². The Morgan fingerprint density at radius 3 is 2.93 bits per heavy atom. The molecule has 0 aliphatic carbocycles. The van der Waals surface area contributed by atoms with Crippen molar-refractivity contribution in [1.29, 1.82) is 0 Å². The zero-order valence-corrected chi connectivity index (χ0v) is 16.0. The first-order valence-electron chi connectivity index (χ1n) is 8.70. The summed E-state index contributed by atoms with van der Waals surface area (Å²) >= 11 is 1.61. The molecule has 2 aromatic heterocycles. The van der Waals surface area contributed by atoms with E-state index in [1.807, 2.05) is 43.3 Å². The van der Waals surface area contributed by atoms with E-state index in [1.165, 1.54) is 0 Å². The lowest BCUT2D eigenvalue weighted by molar-refractivity contribution is -0.125. The van der Waals surface area contributed by atoms with Crippen molar-refractivity contribution in [3.63, 3.8) is 0 Å². The summed E-state index contributed by atoms with van der Waals surface area (Å²) in [5.74, 6) is 0.634. The number of fused-ring (bicyclic) bond motifs is 1. The van der Waals surface area contributed by atoms with E-state index < -0.39 is 6.10 Å². The Hall–Kier alpha value is -2.99. The summed E-state index contributed by atoms with van der Waals surface area (Å²) in [5, 5.41) is 0.879. The molecule has 0 radical (unpaired) electrons. The Morgan fingerprint density at radius 1 is 1.33 bits per heavy atom. The van der Waals surface area contributed by atoms with Crippen LogP contribution < -0.4 is 9.64 Å². The monoisotopic (exact) mass is 377 g/mol. The van der Waals surface area contributed by atoms with E-state index in [4.69, 9.17) is 9.72 Å². The molecule has 27 heavy (non-hydrogen) atoms. The number of carbonyl (C=O) groups is 1. The molecule has 1 aliphatic heterocycles. The largest absolute Gasteiger partial charge is 0.479 e. The van der Waals surface area contributed by atoms with Gasteiger partial charge in [-0.05, 0) is 44.2 Å². The maximum Gasteiger partial charge on any atom is 0.268 e. The van der Waals surface area contributed by atoms with Crippen molar-refractivity contribution in [2.45, 2.75) is 20.0 Å². The number of aryl methyl sites for hydroxylation is 1. The van der Waals surface area contributed by atoms with Gasteiger partial charge in [-0.3, -0.25) is 9.78 Å². The van der Waals surface area contributed by atoms with Crippen LogP contribution in [0.25, 0.3) is 22.0 Å². The molecule has 4 rings (SSSR count). The molecule has 0 N–H and O–H groups in total. The number of benzene rings is 1. The number of anilines is 1. The molecule has 5 nitrogen and oxygen atoms in total. The van der Waals surface area contributed by atoms with Crippen LogP contribution in [0.2, 0.25) is 0 Å². The molecule has 0 saturated carbocycles. The van der Waals surface area contributed by atoms with Gasteiger partial charge >= 0.3 is 0 Å². The zero-order chi connectivity index (χ0) is 19.0. The van der Waals surface area contributed by atoms with Gasteiger partial charge in [-0.25, -0.2) is 4.98 Å². The fourth-order valence-corrected chi connectivity index (χ4v) is 4.05. The number of hydrogen-bond acceptors (Lipinski definition) is 5. The number of hydrogen-bond donors (Lipinski definition) is 0. The van der Waals surface area contributed by atoms with Crippen molar-refractivity contribution in [3.05, 3.63) is 60.1 Å². The number of aromatic nitrogens is 2. The van der Waals surface area contributed by atoms with Crippen LogP contribution in [0.5, 0.6) is 5.75 Å². The van der Waals surface area contributed by atoms with E-state index in [9.17, 15) is 4.79 Å². The fourth-order valence-electron chi connectivity index (χ4n) is 3.13. The Balaban J connectivity index is 1.77. The standard InChI is InChI=1S/C21H19N3O2S/c1-4-11-24-17-12-15(8-9-18(17)26-13(2)21(24)25)19-14(3)27-20(23-19)16-7-5-6-10-22-16/h4-10,12-13H,1,11H2,2-3H3. The van der Waals surface area contributed by atoms with Gasteiger partial charge in [0.15, 0.2) is 6.10 Å². The van der Waals surface area contributed by atoms with E-state index in [-0.39, 0.29) is 5.91 Å². The third-order valence-corrected chi connectivity index (χ3v) is 5.43. The number of carbonyl (C=O) groups excluding carboxylic acids is 1. The minimum atomic E-state index is -0.500. The van der Waals surface area contributed by atoms with E-state index in [1.54, 1.807) is 35.4 Å². The first-order chi connectivity index (χ1) is 13.1. The molecular weight excluding hydrogens is 358 g/mol. The van der Waals surface area contributed by atoms with Gasteiger partial charge in [-0.1, -0.05) is 12.1 Å². The fraction of sp³-hybridized carbons (Fsp3) is 0.190. The van der Waals surface area contributed by atoms with Crippen molar-refractivity contribution in [2.24, 2.45) is 0 Å². The van der Waals surface area contributed by atoms with Crippen LogP contribution in [0.4, 0.5) is 5.69 Å². The van der Waals surface area contributed by atoms with E-state index in [2.05, 4.69) is 11.6 Å². The van der Waals surface area contributed by atoms with Crippen LogP contribution in [0, 0.1) is 6.92 Å².